The molecule has 1 aromatic heterocycles. The third-order valence-corrected chi connectivity index (χ3v) is 3.46. The Hall–Kier alpha value is -2.82. The van der Waals surface area contributed by atoms with Crippen LogP contribution in [0.15, 0.2) is 54.3 Å². The van der Waals surface area contributed by atoms with Gasteiger partial charge < -0.3 is 16.2 Å². The second-order valence-electron chi connectivity index (χ2n) is 5.31. The molecule has 0 amide bonds. The Morgan fingerprint density at radius 2 is 2.14 bits per heavy atom. The summed E-state index contributed by atoms with van der Waals surface area (Å²) in [4.78, 5) is 8.59. The molecule has 0 fully saturated rings. The van der Waals surface area contributed by atoms with Crippen molar-refractivity contribution >= 4 is 11.5 Å². The first-order chi connectivity index (χ1) is 10.6. The number of benzene rings is 1. The lowest BCUT2D eigenvalue weighted by molar-refractivity contribution is 0.475. The van der Waals surface area contributed by atoms with Crippen molar-refractivity contribution in [2.75, 3.05) is 11.1 Å². The van der Waals surface area contributed by atoms with Gasteiger partial charge in [-0.05, 0) is 31.6 Å². The highest BCUT2D eigenvalue weighted by Gasteiger charge is 2.14. The lowest BCUT2D eigenvalue weighted by Gasteiger charge is -2.18. The summed E-state index contributed by atoms with van der Waals surface area (Å²) >= 11 is 0. The van der Waals surface area contributed by atoms with Crippen LogP contribution in [0.5, 0.6) is 5.75 Å². The van der Waals surface area contributed by atoms with Gasteiger partial charge in [0.15, 0.2) is 0 Å². The molecule has 3 rings (SSSR count). The summed E-state index contributed by atoms with van der Waals surface area (Å²) in [6.45, 7) is 1.84. The van der Waals surface area contributed by atoms with Crippen molar-refractivity contribution in [2.24, 2.45) is 0 Å². The van der Waals surface area contributed by atoms with Crippen molar-refractivity contribution in [3.63, 3.8) is 0 Å². The zero-order chi connectivity index (χ0) is 15.5. The van der Waals surface area contributed by atoms with E-state index in [0.29, 0.717) is 11.6 Å². The van der Waals surface area contributed by atoms with Gasteiger partial charge in [-0.25, -0.2) is 9.97 Å². The van der Waals surface area contributed by atoms with E-state index in [9.17, 15) is 5.11 Å². The van der Waals surface area contributed by atoms with Crippen LogP contribution in [0.1, 0.15) is 23.9 Å². The number of aromatic hydroxyl groups is 1. The maximum Gasteiger partial charge on any atom is 0.127 e. The van der Waals surface area contributed by atoms with E-state index in [4.69, 9.17) is 5.73 Å². The Morgan fingerprint density at radius 1 is 1.27 bits per heavy atom. The summed E-state index contributed by atoms with van der Waals surface area (Å²) in [5, 5.41) is 12.8. The average molecular weight is 294 g/mol. The molecule has 5 heteroatoms. The molecule has 0 aliphatic heterocycles. The van der Waals surface area contributed by atoms with Crippen LogP contribution < -0.4 is 11.1 Å². The minimum absolute atomic E-state index is 0.161. The molecule has 1 heterocycles. The van der Waals surface area contributed by atoms with Crippen LogP contribution in [0, 0.1) is 6.92 Å². The fraction of sp³-hybridized carbons (Fsp3) is 0.176. The van der Waals surface area contributed by atoms with Crippen molar-refractivity contribution in [3.8, 4) is 5.75 Å². The fourth-order valence-electron chi connectivity index (χ4n) is 2.53. The molecule has 1 atom stereocenters. The summed E-state index contributed by atoms with van der Waals surface area (Å²) in [5.41, 5.74) is 8.54. The van der Waals surface area contributed by atoms with Crippen LogP contribution in [0.25, 0.3) is 0 Å². The standard InChI is InChI=1S/C17H18N4O/c1-11-19-16(10-17(18)20-11)12-4-2-5-13(8-12)21-14-6-3-7-15(22)9-14/h2-3,5-10,12,21-22H,4H2,1H3,(H2,18,19,20). The second kappa shape index (κ2) is 5.89. The number of hydrogen-bond donors (Lipinski definition) is 3. The molecule has 1 aromatic carbocycles. The van der Waals surface area contributed by atoms with Crippen molar-refractivity contribution < 1.29 is 5.11 Å². The topological polar surface area (TPSA) is 84.1 Å². The van der Waals surface area contributed by atoms with Crippen molar-refractivity contribution in [2.45, 2.75) is 19.3 Å². The number of nitrogens with two attached hydrogens (primary N) is 1. The van der Waals surface area contributed by atoms with E-state index in [1.54, 1.807) is 18.2 Å². The van der Waals surface area contributed by atoms with Gasteiger partial charge in [-0.2, -0.15) is 0 Å². The molecule has 2 aromatic rings. The lowest BCUT2D eigenvalue weighted by atomic mass is 9.95. The zero-order valence-corrected chi connectivity index (χ0v) is 12.3. The quantitative estimate of drug-likeness (QED) is 0.810. The zero-order valence-electron chi connectivity index (χ0n) is 12.3. The van der Waals surface area contributed by atoms with E-state index in [1.807, 2.05) is 25.1 Å². The Labute approximate surface area is 129 Å². The Kier molecular flexibility index (Phi) is 3.78. The largest absolute Gasteiger partial charge is 0.508 e. The van der Waals surface area contributed by atoms with Gasteiger partial charge in [-0.1, -0.05) is 18.2 Å². The summed E-state index contributed by atoms with van der Waals surface area (Å²) in [6, 6.07) is 8.86. The van der Waals surface area contributed by atoms with Crippen molar-refractivity contribution in [1.29, 1.82) is 0 Å². The molecule has 0 radical (unpaired) electrons. The first kappa shape index (κ1) is 14.1. The van der Waals surface area contributed by atoms with Crippen LogP contribution in [-0.4, -0.2) is 15.1 Å². The molecule has 1 unspecified atom stereocenters. The molecular weight excluding hydrogens is 276 g/mol. The Morgan fingerprint density at radius 3 is 2.91 bits per heavy atom. The third kappa shape index (κ3) is 3.25. The van der Waals surface area contributed by atoms with E-state index in [0.717, 1.165) is 23.5 Å². The number of nitrogens with zero attached hydrogens (tertiary/aromatic N) is 2. The first-order valence-corrected chi connectivity index (χ1v) is 7.15. The molecule has 0 bridgehead atoms. The molecule has 22 heavy (non-hydrogen) atoms. The van der Waals surface area contributed by atoms with Gasteiger partial charge >= 0.3 is 0 Å². The molecule has 1 aliphatic rings. The van der Waals surface area contributed by atoms with Gasteiger partial charge in [0.1, 0.15) is 17.4 Å². The van der Waals surface area contributed by atoms with Crippen molar-refractivity contribution in [3.05, 3.63) is 65.8 Å². The van der Waals surface area contributed by atoms with E-state index < -0.39 is 0 Å². The second-order valence-corrected chi connectivity index (χ2v) is 5.31. The van der Waals surface area contributed by atoms with Gasteiger partial charge in [0, 0.05) is 29.4 Å². The summed E-state index contributed by atoms with van der Waals surface area (Å²) in [7, 11) is 0. The lowest BCUT2D eigenvalue weighted by Crippen LogP contribution is -2.08. The minimum atomic E-state index is 0.161. The van der Waals surface area contributed by atoms with Crippen LogP contribution in [0.4, 0.5) is 11.5 Å². The molecule has 112 valence electrons. The number of phenolic OH excluding ortho intramolecular Hbond substituents is 1. The number of rotatable bonds is 3. The van der Waals surface area contributed by atoms with Gasteiger partial charge in [0.2, 0.25) is 0 Å². The van der Waals surface area contributed by atoms with Gasteiger partial charge in [0.25, 0.3) is 0 Å². The first-order valence-electron chi connectivity index (χ1n) is 7.15. The number of anilines is 2. The number of phenols is 1. The molecule has 4 N–H and O–H groups in total. The normalized spacial score (nSPS) is 17.1. The number of aryl methyl sites for hydroxylation is 1. The van der Waals surface area contributed by atoms with Crippen LogP contribution in [-0.2, 0) is 0 Å². The number of nitrogens with one attached hydrogen (secondary N) is 1. The van der Waals surface area contributed by atoms with E-state index in [1.165, 1.54) is 0 Å². The predicted octanol–water partition coefficient (Wildman–Crippen LogP) is 3.11. The maximum atomic E-state index is 9.53. The minimum Gasteiger partial charge on any atom is -0.508 e. The van der Waals surface area contributed by atoms with Crippen molar-refractivity contribution in [1.82, 2.24) is 9.97 Å². The maximum absolute atomic E-state index is 9.53. The van der Waals surface area contributed by atoms with E-state index >= 15 is 0 Å². The summed E-state index contributed by atoms with van der Waals surface area (Å²) < 4.78 is 0. The predicted molar refractivity (Wildman–Crippen MR) is 87.5 cm³/mol. The van der Waals surface area contributed by atoms with E-state index in [-0.39, 0.29) is 11.7 Å². The number of nitrogen functional groups attached to an aromatic ring is 1. The Bertz CT molecular complexity index is 732. The van der Waals surface area contributed by atoms with Crippen LogP contribution >= 0.6 is 0 Å². The van der Waals surface area contributed by atoms with Gasteiger partial charge in [-0.15, -0.1) is 0 Å². The van der Waals surface area contributed by atoms with Gasteiger partial charge in [-0.3, -0.25) is 0 Å². The monoisotopic (exact) mass is 294 g/mol. The molecule has 5 nitrogen and oxygen atoms in total. The van der Waals surface area contributed by atoms with Crippen LogP contribution in [0.3, 0.4) is 0 Å². The Balaban J connectivity index is 1.83. The molecule has 0 spiro atoms. The smallest absolute Gasteiger partial charge is 0.127 e. The SMILES string of the molecule is Cc1nc(N)cc(C2C=C(Nc3cccc(O)c3)C=CC2)n1. The highest BCUT2D eigenvalue weighted by Crippen LogP contribution is 2.28. The summed E-state index contributed by atoms with van der Waals surface area (Å²) in [6.07, 6.45) is 7.12. The molecule has 0 saturated heterocycles. The summed E-state index contributed by atoms with van der Waals surface area (Å²) in [5.74, 6) is 1.57. The highest BCUT2D eigenvalue weighted by molar-refractivity contribution is 5.54. The van der Waals surface area contributed by atoms with Gasteiger partial charge in [0.05, 0.1) is 5.69 Å². The highest BCUT2D eigenvalue weighted by atomic mass is 16.3. The van der Waals surface area contributed by atoms with E-state index in [2.05, 4.69) is 27.4 Å². The third-order valence-electron chi connectivity index (χ3n) is 3.46. The average Bonchev–Trinajstić information content (AvgIpc) is 2.46. The molecule has 1 aliphatic carbocycles. The number of allylic oxidation sites excluding steroid dienone is 3. The molecular formula is C17H18N4O. The fourth-order valence-corrected chi connectivity index (χ4v) is 2.53. The number of hydrogen-bond acceptors (Lipinski definition) is 5. The molecule has 0 saturated carbocycles. The van der Waals surface area contributed by atoms with Crippen LogP contribution in [0.2, 0.25) is 0 Å². The number of aromatic nitrogens is 2.